The first-order valence-corrected chi connectivity index (χ1v) is 6.10. The number of aryl methyl sites for hydroxylation is 1. The molecule has 108 valence electrons. The Labute approximate surface area is 120 Å². The molecule has 1 N–H and O–H groups in total. The third-order valence-corrected chi connectivity index (χ3v) is 2.77. The molecule has 0 aliphatic heterocycles. The maximum atomic E-state index is 13.5. The highest BCUT2D eigenvalue weighted by molar-refractivity contribution is 5.85. The predicted octanol–water partition coefficient (Wildman–Crippen LogP) is 4.16. The minimum absolute atomic E-state index is 0.0790. The van der Waals surface area contributed by atoms with Crippen LogP contribution in [0, 0.1) is 18.6 Å². The van der Waals surface area contributed by atoms with Crippen LogP contribution in [0.1, 0.15) is 11.1 Å². The van der Waals surface area contributed by atoms with Gasteiger partial charge in [-0.3, -0.25) is 0 Å². The molecule has 0 aliphatic carbocycles. The molecule has 21 heavy (non-hydrogen) atoms. The molecule has 0 heterocycles. The Kier molecular flexibility index (Phi) is 4.33. The zero-order valence-electron chi connectivity index (χ0n) is 11.1. The molecule has 0 aromatic heterocycles. The minimum atomic E-state index is -1.04. The van der Waals surface area contributed by atoms with E-state index in [1.54, 1.807) is 25.1 Å². The Morgan fingerprint density at radius 1 is 1.19 bits per heavy atom. The largest absolute Gasteiger partial charge is 0.478 e. The molecule has 0 unspecified atom stereocenters. The fourth-order valence-electron chi connectivity index (χ4n) is 1.74. The van der Waals surface area contributed by atoms with E-state index in [-0.39, 0.29) is 5.75 Å². The van der Waals surface area contributed by atoms with Crippen molar-refractivity contribution in [3.05, 3.63) is 65.2 Å². The van der Waals surface area contributed by atoms with E-state index in [0.29, 0.717) is 11.3 Å². The highest BCUT2D eigenvalue weighted by atomic mass is 19.1. The lowest BCUT2D eigenvalue weighted by atomic mass is 10.1. The number of halogens is 2. The van der Waals surface area contributed by atoms with Gasteiger partial charge in [0.05, 0.1) is 0 Å². The Balaban J connectivity index is 2.22. The van der Waals surface area contributed by atoms with Crippen molar-refractivity contribution in [1.29, 1.82) is 0 Å². The fraction of sp³-hybridized carbons (Fsp3) is 0.0625. The third kappa shape index (κ3) is 3.89. The SMILES string of the molecule is Cc1cc(Oc2ccc(F)cc2F)ccc1C=CC(=O)O. The van der Waals surface area contributed by atoms with Crippen molar-refractivity contribution in [1.82, 2.24) is 0 Å². The van der Waals surface area contributed by atoms with Crippen molar-refractivity contribution in [3.8, 4) is 11.5 Å². The summed E-state index contributed by atoms with van der Waals surface area (Å²) in [5.74, 6) is -2.20. The molecular formula is C16H12F2O3. The summed E-state index contributed by atoms with van der Waals surface area (Å²) < 4.78 is 31.6. The Bertz CT molecular complexity index is 709. The van der Waals surface area contributed by atoms with E-state index in [1.807, 2.05) is 0 Å². The molecule has 2 aromatic rings. The summed E-state index contributed by atoms with van der Waals surface area (Å²) in [5, 5.41) is 8.58. The van der Waals surface area contributed by atoms with Gasteiger partial charge in [-0.05, 0) is 48.4 Å². The van der Waals surface area contributed by atoms with Gasteiger partial charge in [0.1, 0.15) is 11.6 Å². The van der Waals surface area contributed by atoms with Crippen LogP contribution in [0.5, 0.6) is 11.5 Å². The van der Waals surface area contributed by atoms with Crippen LogP contribution in [0.25, 0.3) is 6.08 Å². The van der Waals surface area contributed by atoms with Crippen LogP contribution in [0.2, 0.25) is 0 Å². The lowest BCUT2D eigenvalue weighted by Gasteiger charge is -2.09. The second-order valence-electron chi connectivity index (χ2n) is 4.37. The van der Waals surface area contributed by atoms with Gasteiger partial charge in [-0.15, -0.1) is 0 Å². The van der Waals surface area contributed by atoms with E-state index < -0.39 is 17.6 Å². The molecule has 0 spiro atoms. The van der Waals surface area contributed by atoms with Gasteiger partial charge in [-0.2, -0.15) is 0 Å². The second-order valence-corrected chi connectivity index (χ2v) is 4.37. The van der Waals surface area contributed by atoms with Crippen LogP contribution in [0.15, 0.2) is 42.5 Å². The molecule has 0 amide bonds. The highest BCUT2D eigenvalue weighted by Crippen LogP contribution is 2.26. The van der Waals surface area contributed by atoms with E-state index in [0.717, 1.165) is 23.8 Å². The molecule has 0 atom stereocenters. The molecule has 3 nitrogen and oxygen atoms in total. The summed E-state index contributed by atoms with van der Waals surface area (Å²) in [6, 6.07) is 7.94. The number of carboxylic acid groups (broad SMARTS) is 1. The number of benzene rings is 2. The Morgan fingerprint density at radius 2 is 1.95 bits per heavy atom. The third-order valence-electron chi connectivity index (χ3n) is 2.77. The van der Waals surface area contributed by atoms with Gasteiger partial charge < -0.3 is 9.84 Å². The van der Waals surface area contributed by atoms with Crippen molar-refractivity contribution in [2.45, 2.75) is 6.92 Å². The standard InChI is InChI=1S/C16H12F2O3/c1-10-8-13(5-2-11(10)3-7-16(19)20)21-15-6-4-12(17)9-14(15)18/h2-9H,1H3,(H,19,20). The van der Waals surface area contributed by atoms with Crippen molar-refractivity contribution >= 4 is 12.0 Å². The van der Waals surface area contributed by atoms with Crippen LogP contribution >= 0.6 is 0 Å². The summed E-state index contributed by atoms with van der Waals surface area (Å²) in [5.41, 5.74) is 1.48. The van der Waals surface area contributed by atoms with Crippen molar-refractivity contribution < 1.29 is 23.4 Å². The van der Waals surface area contributed by atoms with Crippen molar-refractivity contribution in [2.24, 2.45) is 0 Å². The van der Waals surface area contributed by atoms with E-state index in [2.05, 4.69) is 0 Å². The van der Waals surface area contributed by atoms with Gasteiger partial charge in [-0.25, -0.2) is 13.6 Å². The van der Waals surface area contributed by atoms with Crippen LogP contribution in [-0.2, 0) is 4.79 Å². The van der Waals surface area contributed by atoms with Crippen molar-refractivity contribution in [2.75, 3.05) is 0 Å². The summed E-state index contributed by atoms with van der Waals surface area (Å²) >= 11 is 0. The number of hydrogen-bond acceptors (Lipinski definition) is 2. The topological polar surface area (TPSA) is 46.5 Å². The maximum Gasteiger partial charge on any atom is 0.328 e. The first kappa shape index (κ1) is 14.7. The Morgan fingerprint density at radius 3 is 2.57 bits per heavy atom. The number of aliphatic carboxylic acids is 1. The molecular weight excluding hydrogens is 278 g/mol. The average molecular weight is 290 g/mol. The number of hydrogen-bond donors (Lipinski definition) is 1. The minimum Gasteiger partial charge on any atom is -0.478 e. The van der Waals surface area contributed by atoms with Gasteiger partial charge in [0.2, 0.25) is 0 Å². The molecule has 0 fully saturated rings. The number of ether oxygens (including phenoxy) is 1. The predicted molar refractivity (Wildman–Crippen MR) is 74.3 cm³/mol. The molecule has 2 rings (SSSR count). The van der Waals surface area contributed by atoms with Gasteiger partial charge in [0.15, 0.2) is 11.6 Å². The molecule has 0 saturated carbocycles. The smallest absolute Gasteiger partial charge is 0.328 e. The fourth-order valence-corrected chi connectivity index (χ4v) is 1.74. The van der Waals surface area contributed by atoms with Crippen LogP contribution in [-0.4, -0.2) is 11.1 Å². The summed E-state index contributed by atoms with van der Waals surface area (Å²) in [6.45, 7) is 1.77. The van der Waals surface area contributed by atoms with E-state index in [1.165, 1.54) is 12.1 Å². The average Bonchev–Trinajstić information content (AvgIpc) is 2.41. The lowest BCUT2D eigenvalue weighted by molar-refractivity contribution is -0.131. The quantitative estimate of drug-likeness (QED) is 0.860. The number of carbonyl (C=O) groups is 1. The van der Waals surface area contributed by atoms with Gasteiger partial charge in [-0.1, -0.05) is 6.07 Å². The first-order valence-electron chi connectivity index (χ1n) is 6.10. The molecule has 0 bridgehead atoms. The highest BCUT2D eigenvalue weighted by Gasteiger charge is 2.07. The van der Waals surface area contributed by atoms with Gasteiger partial charge in [0.25, 0.3) is 0 Å². The van der Waals surface area contributed by atoms with E-state index in [9.17, 15) is 13.6 Å². The van der Waals surface area contributed by atoms with Crippen LogP contribution < -0.4 is 4.74 Å². The van der Waals surface area contributed by atoms with Gasteiger partial charge in [0, 0.05) is 12.1 Å². The monoisotopic (exact) mass is 290 g/mol. The number of rotatable bonds is 4. The second kappa shape index (κ2) is 6.17. The molecule has 0 radical (unpaired) electrons. The summed E-state index contributed by atoms with van der Waals surface area (Å²) in [4.78, 5) is 10.5. The molecule has 2 aromatic carbocycles. The van der Waals surface area contributed by atoms with Crippen LogP contribution in [0.4, 0.5) is 8.78 Å². The molecule has 0 saturated heterocycles. The zero-order valence-corrected chi connectivity index (χ0v) is 11.1. The molecule has 0 aliphatic rings. The summed E-state index contributed by atoms with van der Waals surface area (Å²) in [7, 11) is 0. The Hall–Kier alpha value is -2.69. The van der Waals surface area contributed by atoms with Crippen molar-refractivity contribution in [3.63, 3.8) is 0 Å². The number of carboxylic acids is 1. The zero-order chi connectivity index (χ0) is 15.4. The first-order chi connectivity index (χ1) is 9.95. The summed E-state index contributed by atoms with van der Waals surface area (Å²) in [6.07, 6.45) is 2.49. The molecule has 5 heteroatoms. The van der Waals surface area contributed by atoms with E-state index in [4.69, 9.17) is 9.84 Å². The van der Waals surface area contributed by atoms with E-state index >= 15 is 0 Å². The normalized spacial score (nSPS) is 10.8. The van der Waals surface area contributed by atoms with Gasteiger partial charge >= 0.3 is 5.97 Å². The maximum absolute atomic E-state index is 13.5. The lowest BCUT2D eigenvalue weighted by Crippen LogP contribution is -1.91. The van der Waals surface area contributed by atoms with Crippen LogP contribution in [0.3, 0.4) is 0 Å².